The van der Waals surface area contributed by atoms with E-state index < -0.39 is 0 Å². The third-order valence-corrected chi connectivity index (χ3v) is 2.11. The minimum Gasteiger partial charge on any atom is -0.0842 e. The average Bonchev–Trinajstić information content (AvgIpc) is 2.17. The number of rotatable bonds is 4. The number of allylic oxidation sites excluding steroid dienone is 1. The monoisotopic (exact) mass is 174 g/mol. The molecule has 1 aromatic carbocycles. The van der Waals surface area contributed by atoms with E-state index in [2.05, 4.69) is 50.3 Å². The van der Waals surface area contributed by atoms with E-state index in [1.165, 1.54) is 24.0 Å². The topological polar surface area (TPSA) is 0 Å². The van der Waals surface area contributed by atoms with Crippen molar-refractivity contribution < 1.29 is 0 Å². The Hall–Kier alpha value is -1.04. The van der Waals surface area contributed by atoms with Crippen LogP contribution in [0.15, 0.2) is 30.3 Å². The van der Waals surface area contributed by atoms with E-state index in [0.717, 1.165) is 6.42 Å². The summed E-state index contributed by atoms with van der Waals surface area (Å²) in [6.07, 6.45) is 7.96. The molecule has 0 aliphatic rings. The van der Waals surface area contributed by atoms with Crippen LogP contribution in [0.5, 0.6) is 0 Å². The van der Waals surface area contributed by atoms with Gasteiger partial charge in [0, 0.05) is 0 Å². The number of benzene rings is 1. The van der Waals surface area contributed by atoms with Gasteiger partial charge in [-0.3, -0.25) is 0 Å². The largest absolute Gasteiger partial charge is 0.0842 e. The van der Waals surface area contributed by atoms with Crippen LogP contribution in [0.2, 0.25) is 0 Å². The molecule has 0 atom stereocenters. The van der Waals surface area contributed by atoms with Crippen LogP contribution < -0.4 is 0 Å². The Labute approximate surface area is 81.3 Å². The minimum atomic E-state index is 1.11. The molecular weight excluding hydrogens is 156 g/mol. The second-order valence-corrected chi connectivity index (χ2v) is 3.26. The first-order valence-corrected chi connectivity index (χ1v) is 5.13. The third-order valence-electron chi connectivity index (χ3n) is 2.11. The van der Waals surface area contributed by atoms with E-state index in [0.29, 0.717) is 0 Å². The van der Waals surface area contributed by atoms with Crippen LogP contribution in [-0.2, 0) is 6.42 Å². The van der Waals surface area contributed by atoms with Gasteiger partial charge in [-0.25, -0.2) is 0 Å². The zero-order valence-electron chi connectivity index (χ0n) is 8.59. The number of hydrogen-bond donors (Lipinski definition) is 0. The van der Waals surface area contributed by atoms with E-state index >= 15 is 0 Å². The van der Waals surface area contributed by atoms with Crippen LogP contribution in [0.3, 0.4) is 0 Å². The summed E-state index contributed by atoms with van der Waals surface area (Å²) < 4.78 is 0. The molecule has 0 aliphatic carbocycles. The first-order chi connectivity index (χ1) is 6.38. The van der Waals surface area contributed by atoms with Crippen LogP contribution in [0.1, 0.15) is 37.8 Å². The molecule has 0 aromatic heterocycles. The maximum Gasteiger partial charge on any atom is -0.0228 e. The van der Waals surface area contributed by atoms with Gasteiger partial charge in [-0.2, -0.15) is 0 Å². The van der Waals surface area contributed by atoms with Crippen molar-refractivity contribution in [3.05, 3.63) is 41.5 Å². The quantitative estimate of drug-likeness (QED) is 0.645. The smallest absolute Gasteiger partial charge is 0.0228 e. The fourth-order valence-electron chi connectivity index (χ4n) is 1.44. The molecule has 0 saturated heterocycles. The lowest BCUT2D eigenvalue weighted by atomic mass is 10.0. The zero-order valence-corrected chi connectivity index (χ0v) is 8.59. The average molecular weight is 174 g/mol. The highest BCUT2D eigenvalue weighted by Crippen LogP contribution is 2.12. The van der Waals surface area contributed by atoms with Crippen LogP contribution in [0.25, 0.3) is 6.08 Å². The van der Waals surface area contributed by atoms with Gasteiger partial charge in [-0.15, -0.1) is 0 Å². The van der Waals surface area contributed by atoms with Crippen LogP contribution in [0, 0.1) is 0 Å². The van der Waals surface area contributed by atoms with Gasteiger partial charge in [0.25, 0.3) is 0 Å². The van der Waals surface area contributed by atoms with Crippen LogP contribution in [0.4, 0.5) is 0 Å². The highest BCUT2D eigenvalue weighted by molar-refractivity contribution is 5.53. The Morgan fingerprint density at radius 2 is 1.92 bits per heavy atom. The molecule has 13 heavy (non-hydrogen) atoms. The Bertz CT molecular complexity index is 271. The van der Waals surface area contributed by atoms with Crippen molar-refractivity contribution in [3.63, 3.8) is 0 Å². The van der Waals surface area contributed by atoms with Gasteiger partial charge in [0.1, 0.15) is 0 Å². The van der Waals surface area contributed by atoms with Gasteiger partial charge < -0.3 is 0 Å². The van der Waals surface area contributed by atoms with Gasteiger partial charge in [0.15, 0.2) is 0 Å². The lowest BCUT2D eigenvalue weighted by Crippen LogP contribution is -1.86. The summed E-state index contributed by atoms with van der Waals surface area (Å²) in [4.78, 5) is 0. The van der Waals surface area contributed by atoms with Gasteiger partial charge in [-0.05, 0) is 24.0 Å². The summed E-state index contributed by atoms with van der Waals surface area (Å²) in [6.45, 7) is 4.39. The van der Waals surface area contributed by atoms with E-state index in [9.17, 15) is 0 Å². The summed E-state index contributed by atoms with van der Waals surface area (Å²) in [7, 11) is 0. The molecule has 1 aromatic rings. The molecule has 0 unspecified atom stereocenters. The fraction of sp³-hybridized carbons (Fsp3) is 0.385. The van der Waals surface area contributed by atoms with Crippen LogP contribution >= 0.6 is 0 Å². The third kappa shape index (κ3) is 3.06. The van der Waals surface area contributed by atoms with Crippen molar-refractivity contribution in [3.8, 4) is 0 Å². The molecular formula is C13H18. The standard InChI is InChI=1S/C13H18/c1-3-5-9-13-11-7-6-10-12(13)8-4-2/h5-7,9-11H,3-4,8H2,1-2H3. The van der Waals surface area contributed by atoms with Crippen molar-refractivity contribution in [2.75, 3.05) is 0 Å². The Morgan fingerprint density at radius 1 is 1.15 bits per heavy atom. The molecule has 0 N–H and O–H groups in total. The molecule has 0 heterocycles. The Kier molecular flexibility index (Phi) is 4.31. The van der Waals surface area contributed by atoms with Crippen molar-refractivity contribution in [1.82, 2.24) is 0 Å². The molecule has 1 rings (SSSR count). The van der Waals surface area contributed by atoms with Crippen molar-refractivity contribution in [2.45, 2.75) is 33.1 Å². The molecule has 70 valence electrons. The molecule has 0 amide bonds. The van der Waals surface area contributed by atoms with Gasteiger partial charge in [0.05, 0.1) is 0 Å². The van der Waals surface area contributed by atoms with Crippen molar-refractivity contribution >= 4 is 6.08 Å². The van der Waals surface area contributed by atoms with Crippen molar-refractivity contribution in [1.29, 1.82) is 0 Å². The van der Waals surface area contributed by atoms with E-state index in [1.807, 2.05) is 0 Å². The lowest BCUT2D eigenvalue weighted by molar-refractivity contribution is 0.919. The number of hydrogen-bond acceptors (Lipinski definition) is 0. The van der Waals surface area contributed by atoms with Crippen molar-refractivity contribution in [2.24, 2.45) is 0 Å². The Balaban J connectivity index is 2.84. The molecule has 0 bridgehead atoms. The Morgan fingerprint density at radius 3 is 2.62 bits per heavy atom. The second kappa shape index (κ2) is 5.58. The van der Waals surface area contributed by atoms with E-state index in [4.69, 9.17) is 0 Å². The fourth-order valence-corrected chi connectivity index (χ4v) is 1.44. The predicted molar refractivity (Wildman–Crippen MR) is 59.8 cm³/mol. The summed E-state index contributed by atoms with van der Waals surface area (Å²) in [5.41, 5.74) is 2.85. The first kappa shape index (κ1) is 10.0. The summed E-state index contributed by atoms with van der Waals surface area (Å²) in [5, 5.41) is 0. The molecule has 0 saturated carbocycles. The van der Waals surface area contributed by atoms with Gasteiger partial charge >= 0.3 is 0 Å². The van der Waals surface area contributed by atoms with E-state index in [1.54, 1.807) is 0 Å². The molecule has 0 spiro atoms. The van der Waals surface area contributed by atoms with Gasteiger partial charge in [0.2, 0.25) is 0 Å². The SMILES string of the molecule is CCC=Cc1ccccc1CCC. The zero-order chi connectivity index (χ0) is 9.52. The van der Waals surface area contributed by atoms with Crippen LogP contribution in [-0.4, -0.2) is 0 Å². The molecule has 0 radical (unpaired) electrons. The summed E-state index contributed by atoms with van der Waals surface area (Å²) >= 11 is 0. The highest BCUT2D eigenvalue weighted by Gasteiger charge is 1.95. The lowest BCUT2D eigenvalue weighted by Gasteiger charge is -2.03. The van der Waals surface area contributed by atoms with Gasteiger partial charge in [-0.1, -0.05) is 56.7 Å². The molecule has 0 heteroatoms. The summed E-state index contributed by atoms with van der Waals surface area (Å²) in [5.74, 6) is 0. The predicted octanol–water partition coefficient (Wildman–Crippen LogP) is 4.06. The van der Waals surface area contributed by atoms with E-state index in [-0.39, 0.29) is 0 Å². The highest BCUT2D eigenvalue weighted by atomic mass is 14.0. The first-order valence-electron chi connectivity index (χ1n) is 5.13. The summed E-state index contributed by atoms with van der Waals surface area (Å²) in [6, 6.07) is 8.64. The second-order valence-electron chi connectivity index (χ2n) is 3.26. The normalized spacial score (nSPS) is 10.9. The number of aryl methyl sites for hydroxylation is 1. The molecule has 0 aliphatic heterocycles. The maximum absolute atomic E-state index is 2.23. The maximum atomic E-state index is 2.23. The molecule has 0 nitrogen and oxygen atoms in total. The molecule has 0 fully saturated rings. The minimum absolute atomic E-state index is 1.11.